The summed E-state index contributed by atoms with van der Waals surface area (Å²) in [6.45, 7) is 5.98. The second-order valence-corrected chi connectivity index (χ2v) is 10.9. The molecule has 11 heteroatoms. The quantitative estimate of drug-likeness (QED) is 0.250. The molecular formula is C22H27ClN2O7S. The molecule has 0 unspecified atom stereocenters. The minimum absolute atomic E-state index is 0.0667. The molecule has 9 nitrogen and oxygen atoms in total. The van der Waals surface area contributed by atoms with Crippen molar-refractivity contribution >= 4 is 47.1 Å². The molecule has 2 saturated heterocycles. The zero-order valence-electron chi connectivity index (χ0n) is 18.8. The lowest BCUT2D eigenvalue weighted by Gasteiger charge is -2.43. The van der Waals surface area contributed by atoms with Gasteiger partial charge in [0.15, 0.2) is 6.61 Å². The molecule has 0 saturated carbocycles. The average molecular weight is 499 g/mol. The molecule has 2 aliphatic rings. The fourth-order valence-corrected chi connectivity index (χ4v) is 5.39. The van der Waals surface area contributed by atoms with Crippen LogP contribution in [0.4, 0.5) is 0 Å². The van der Waals surface area contributed by atoms with E-state index in [1.807, 2.05) is 6.07 Å². The predicted octanol–water partition coefficient (Wildman–Crippen LogP) is 1.92. The summed E-state index contributed by atoms with van der Waals surface area (Å²) in [7, 11) is 0. The standard InChI is InChI=1S/C22H27ClN2O7S/c1-21(2,3)20(29)32-12-31-19(28)16-22(4,11-23)33-18-15(17(27)25(16)18)24-14(26)10-30-13-8-6-5-7-9-13/h5-9,15-16,18H,10-12H2,1-4H3,(H,24,26)/t15-,16+,18+,22+/m1/s1. The van der Waals surface area contributed by atoms with Gasteiger partial charge in [0.2, 0.25) is 12.7 Å². The molecule has 33 heavy (non-hydrogen) atoms. The van der Waals surface area contributed by atoms with E-state index >= 15 is 0 Å². The molecule has 0 aromatic heterocycles. The number of nitrogens with zero attached hydrogens (tertiary/aromatic N) is 1. The number of carbonyl (C=O) groups excluding carboxylic acids is 4. The Balaban J connectivity index is 1.58. The average Bonchev–Trinajstić information content (AvgIpc) is 3.06. The molecule has 0 radical (unpaired) electrons. The summed E-state index contributed by atoms with van der Waals surface area (Å²) in [6, 6.07) is 7.06. The smallest absolute Gasteiger partial charge is 0.333 e. The van der Waals surface area contributed by atoms with Crippen LogP contribution in [0.5, 0.6) is 5.75 Å². The molecule has 2 aliphatic heterocycles. The first-order valence-electron chi connectivity index (χ1n) is 10.3. The van der Waals surface area contributed by atoms with Crippen LogP contribution in [0.2, 0.25) is 0 Å². The highest BCUT2D eigenvalue weighted by atomic mass is 35.5. The van der Waals surface area contributed by atoms with Crippen molar-refractivity contribution in [2.24, 2.45) is 5.41 Å². The summed E-state index contributed by atoms with van der Waals surface area (Å²) in [4.78, 5) is 51.1. The fraction of sp³-hybridized carbons (Fsp3) is 0.545. The van der Waals surface area contributed by atoms with Crippen LogP contribution in [0.1, 0.15) is 27.7 Å². The van der Waals surface area contributed by atoms with Gasteiger partial charge in [-0.25, -0.2) is 4.79 Å². The summed E-state index contributed by atoms with van der Waals surface area (Å²) >= 11 is 7.47. The summed E-state index contributed by atoms with van der Waals surface area (Å²) in [5.74, 6) is -1.51. The minimum atomic E-state index is -0.973. The Morgan fingerprint density at radius 1 is 1.18 bits per heavy atom. The van der Waals surface area contributed by atoms with E-state index in [0.717, 1.165) is 0 Å². The van der Waals surface area contributed by atoms with Gasteiger partial charge in [-0.15, -0.1) is 23.4 Å². The first-order chi connectivity index (χ1) is 15.5. The van der Waals surface area contributed by atoms with E-state index < -0.39 is 58.2 Å². The van der Waals surface area contributed by atoms with Crippen molar-refractivity contribution in [2.75, 3.05) is 19.3 Å². The zero-order valence-corrected chi connectivity index (χ0v) is 20.4. The third-order valence-electron chi connectivity index (χ3n) is 5.25. The fourth-order valence-electron chi connectivity index (χ4n) is 3.44. The molecular weight excluding hydrogens is 472 g/mol. The first kappa shape index (κ1) is 25.2. The van der Waals surface area contributed by atoms with Crippen LogP contribution in [0.3, 0.4) is 0 Å². The van der Waals surface area contributed by atoms with Crippen molar-refractivity contribution in [3.63, 3.8) is 0 Å². The van der Waals surface area contributed by atoms with Crippen LogP contribution in [0.25, 0.3) is 0 Å². The Bertz CT molecular complexity index is 923. The number of amides is 2. The highest BCUT2D eigenvalue weighted by molar-refractivity contribution is 8.01. The van der Waals surface area contributed by atoms with Gasteiger partial charge in [-0.05, 0) is 39.8 Å². The van der Waals surface area contributed by atoms with Gasteiger partial charge in [0.25, 0.3) is 5.91 Å². The molecule has 4 atom stereocenters. The van der Waals surface area contributed by atoms with Crippen molar-refractivity contribution in [3.8, 4) is 5.75 Å². The minimum Gasteiger partial charge on any atom is -0.484 e. The molecule has 0 aliphatic carbocycles. The Morgan fingerprint density at radius 3 is 2.45 bits per heavy atom. The maximum Gasteiger partial charge on any atom is 0.333 e. The Morgan fingerprint density at radius 2 is 1.85 bits per heavy atom. The van der Waals surface area contributed by atoms with Gasteiger partial charge in [-0.3, -0.25) is 14.4 Å². The van der Waals surface area contributed by atoms with Crippen LogP contribution in [-0.2, 0) is 28.7 Å². The topological polar surface area (TPSA) is 111 Å². The highest BCUT2D eigenvalue weighted by Gasteiger charge is 2.65. The number of fused-ring (bicyclic) bond motifs is 1. The largest absolute Gasteiger partial charge is 0.484 e. The van der Waals surface area contributed by atoms with Gasteiger partial charge in [-0.1, -0.05) is 18.2 Å². The predicted molar refractivity (Wildman–Crippen MR) is 122 cm³/mol. The number of nitrogens with one attached hydrogen (secondary N) is 1. The van der Waals surface area contributed by atoms with Crippen LogP contribution < -0.4 is 10.1 Å². The van der Waals surface area contributed by atoms with E-state index in [4.69, 9.17) is 25.8 Å². The number of esters is 2. The van der Waals surface area contributed by atoms with Crippen molar-refractivity contribution in [1.82, 2.24) is 10.2 Å². The number of benzene rings is 1. The molecule has 0 bridgehead atoms. The number of β-lactam (4-membered cyclic amide) rings is 1. The molecule has 3 rings (SSSR count). The van der Waals surface area contributed by atoms with Crippen molar-refractivity contribution < 1.29 is 33.4 Å². The Kier molecular flexibility index (Phi) is 7.48. The number of halogens is 1. The normalized spacial score (nSPS) is 26.2. The number of carbonyl (C=O) groups is 4. The summed E-state index contributed by atoms with van der Waals surface area (Å²) in [5.41, 5.74) is -0.742. The molecule has 2 amide bonds. The molecule has 1 aromatic rings. The van der Waals surface area contributed by atoms with Crippen LogP contribution in [-0.4, -0.2) is 70.1 Å². The van der Waals surface area contributed by atoms with Gasteiger partial charge in [0.05, 0.1) is 10.2 Å². The second-order valence-electron chi connectivity index (χ2n) is 9.01. The zero-order chi connectivity index (χ0) is 24.4. The van der Waals surface area contributed by atoms with E-state index in [9.17, 15) is 19.2 Å². The summed E-state index contributed by atoms with van der Waals surface area (Å²) < 4.78 is 14.7. The third-order valence-corrected chi connectivity index (χ3v) is 7.61. The molecule has 0 spiro atoms. The van der Waals surface area contributed by atoms with Crippen LogP contribution in [0, 0.1) is 5.41 Å². The van der Waals surface area contributed by atoms with E-state index in [2.05, 4.69) is 5.32 Å². The van der Waals surface area contributed by atoms with Crippen LogP contribution >= 0.6 is 23.4 Å². The van der Waals surface area contributed by atoms with Crippen molar-refractivity contribution in [1.29, 1.82) is 0 Å². The monoisotopic (exact) mass is 498 g/mol. The number of alkyl halides is 1. The number of hydrogen-bond acceptors (Lipinski definition) is 8. The number of para-hydroxylation sites is 1. The Hall–Kier alpha value is -2.46. The molecule has 2 heterocycles. The van der Waals surface area contributed by atoms with E-state index in [-0.39, 0.29) is 12.5 Å². The first-order valence-corrected chi connectivity index (χ1v) is 11.8. The molecule has 1 N–H and O–H groups in total. The Labute approximate surface area is 201 Å². The highest BCUT2D eigenvalue weighted by Crippen LogP contribution is 2.51. The lowest BCUT2D eigenvalue weighted by atomic mass is 9.96. The third kappa shape index (κ3) is 5.38. The van der Waals surface area contributed by atoms with Crippen LogP contribution in [0.15, 0.2) is 30.3 Å². The van der Waals surface area contributed by atoms with Gasteiger partial charge < -0.3 is 24.4 Å². The lowest BCUT2D eigenvalue weighted by Crippen LogP contribution is -2.71. The van der Waals surface area contributed by atoms with Gasteiger partial charge in [0, 0.05) is 5.88 Å². The van der Waals surface area contributed by atoms with Crippen molar-refractivity contribution in [3.05, 3.63) is 30.3 Å². The van der Waals surface area contributed by atoms with E-state index in [1.165, 1.54) is 16.7 Å². The SMILES string of the molecule is CC(C)(C)C(=O)OCOC(=O)[C@@H]1N2C(=O)[C@@H](NC(=O)COc3ccccc3)[C@@H]2S[C@@]1(C)CCl. The van der Waals surface area contributed by atoms with Crippen molar-refractivity contribution in [2.45, 2.75) is 49.9 Å². The number of thioether (sulfide) groups is 1. The molecule has 180 valence electrons. The van der Waals surface area contributed by atoms with Gasteiger partial charge in [-0.2, -0.15) is 0 Å². The number of rotatable bonds is 8. The molecule has 1 aromatic carbocycles. The molecule has 2 fully saturated rings. The lowest BCUT2D eigenvalue weighted by molar-refractivity contribution is -0.180. The van der Waals surface area contributed by atoms with Gasteiger partial charge >= 0.3 is 11.9 Å². The maximum atomic E-state index is 12.8. The van der Waals surface area contributed by atoms with Gasteiger partial charge in [0.1, 0.15) is 23.2 Å². The summed E-state index contributed by atoms with van der Waals surface area (Å²) in [5, 5.41) is 2.19. The van der Waals surface area contributed by atoms with E-state index in [1.54, 1.807) is 52.0 Å². The second kappa shape index (κ2) is 9.80. The van der Waals surface area contributed by atoms with E-state index in [0.29, 0.717) is 5.75 Å². The number of ether oxygens (including phenoxy) is 3. The maximum absolute atomic E-state index is 12.8. The number of hydrogen-bond donors (Lipinski definition) is 1. The summed E-state index contributed by atoms with van der Waals surface area (Å²) in [6.07, 6.45) is 0.